The number of halogens is 1. The number of nitrogens with zero attached hydrogens (tertiary/aromatic N) is 3. The molecule has 1 fully saturated rings. The highest BCUT2D eigenvalue weighted by molar-refractivity contribution is 6.12. The Balaban J connectivity index is 0.773. The van der Waals surface area contributed by atoms with Crippen LogP contribution in [0.15, 0.2) is 59.4 Å². The van der Waals surface area contributed by atoms with Gasteiger partial charge < -0.3 is 45.9 Å². The predicted octanol–water partition coefficient (Wildman–Crippen LogP) is 2.10. The Morgan fingerprint density at radius 1 is 0.857 bits per heavy atom. The van der Waals surface area contributed by atoms with Crippen LogP contribution in [-0.4, -0.2) is 112 Å². The highest BCUT2D eigenvalue weighted by Gasteiger charge is 2.47. The van der Waals surface area contributed by atoms with Gasteiger partial charge in [-0.05, 0) is 92.2 Å². The maximum atomic E-state index is 15.5. The molecule has 0 radical (unpaired) electrons. The molecule has 2 aromatic carbocycles. The van der Waals surface area contributed by atoms with Crippen LogP contribution in [0.2, 0.25) is 0 Å². The van der Waals surface area contributed by atoms with Crippen molar-refractivity contribution in [3.63, 3.8) is 0 Å². The fourth-order valence-corrected chi connectivity index (χ4v) is 10.8. The van der Waals surface area contributed by atoms with Gasteiger partial charge in [-0.3, -0.25) is 52.8 Å². The number of hydrogen-bond donors (Lipinski definition) is 6. The Kier molecular flexibility index (Phi) is 16.0. The van der Waals surface area contributed by atoms with E-state index in [0.717, 1.165) is 27.0 Å². The van der Waals surface area contributed by atoms with E-state index in [9.17, 15) is 47.9 Å². The summed E-state index contributed by atoms with van der Waals surface area (Å²) in [6, 6.07) is 10.3. The van der Waals surface area contributed by atoms with Crippen molar-refractivity contribution in [2.45, 2.75) is 121 Å². The smallest absolute Gasteiger partial charge is 0.313 e. The molecule has 3 atom stereocenters. The number of esters is 1. The van der Waals surface area contributed by atoms with Crippen LogP contribution in [0.1, 0.15) is 116 Å². The van der Waals surface area contributed by atoms with E-state index >= 15 is 4.39 Å². The molecule has 0 saturated heterocycles. The highest BCUT2D eigenvalue weighted by Crippen LogP contribution is 2.46. The van der Waals surface area contributed by atoms with E-state index in [4.69, 9.17) is 14.5 Å². The average molecular weight is 1060 g/mol. The van der Waals surface area contributed by atoms with Gasteiger partial charge in [-0.15, -0.1) is 0 Å². The first-order chi connectivity index (χ1) is 37.0. The molecule has 5 aliphatic rings. The predicted molar refractivity (Wildman–Crippen MR) is 273 cm³/mol. The quantitative estimate of drug-likeness (QED) is 0.0251. The van der Waals surface area contributed by atoms with E-state index in [1.54, 1.807) is 41.8 Å². The Bertz CT molecular complexity index is 3170. The fraction of sp³-hybridized carbons (Fsp3) is 0.436. The van der Waals surface area contributed by atoms with E-state index in [2.05, 4.69) is 31.9 Å². The van der Waals surface area contributed by atoms with Gasteiger partial charge in [-0.25, -0.2) is 9.37 Å². The average Bonchev–Trinajstić information content (AvgIpc) is 4.04. The summed E-state index contributed by atoms with van der Waals surface area (Å²) in [5.74, 6) is -5.65. The molecule has 22 heteroatoms. The minimum atomic E-state index is -1.29. The lowest BCUT2D eigenvalue weighted by molar-refractivity contribution is -0.164. The molecule has 404 valence electrons. The number of carbonyl (C=O) groups excluding carboxylic acids is 9. The van der Waals surface area contributed by atoms with Crippen LogP contribution in [0.4, 0.5) is 4.39 Å². The highest BCUT2D eigenvalue weighted by atomic mass is 19.1. The van der Waals surface area contributed by atoms with Crippen LogP contribution < -0.4 is 37.5 Å². The molecule has 8 amide bonds. The number of unbranched alkanes of at least 4 members (excludes halogenated alkanes) is 2. The number of rotatable bonds is 22. The molecule has 1 saturated carbocycles. The van der Waals surface area contributed by atoms with Crippen LogP contribution >= 0.6 is 0 Å². The third-order valence-electron chi connectivity index (χ3n) is 15.1. The molecule has 2 aromatic heterocycles. The van der Waals surface area contributed by atoms with Crippen molar-refractivity contribution < 1.29 is 57.0 Å². The molecule has 21 nitrogen and oxygen atoms in total. The molecule has 77 heavy (non-hydrogen) atoms. The van der Waals surface area contributed by atoms with Crippen LogP contribution in [0.3, 0.4) is 0 Å². The molecular formula is C55H60FN9O12. The number of nitrogens with one attached hydrogen (secondary N) is 6. The van der Waals surface area contributed by atoms with Crippen molar-refractivity contribution >= 4 is 64.1 Å². The minimum absolute atomic E-state index is 0.0491. The standard InChI is InChI=1S/C55H60FN9O12/c1-3-32-34-22-41-50-35(27-65(41)52(73)36(34)28-76-53(32)74)49-38(15-14-33-30(2)37(56)23-39(62-50)48(33)49)63-54(75)55(18-10-19-55)77-29-60-44(68)25-59-51(72)40(21-31-11-6-4-7-12-31)61-45(69)26-58-43(67)24-57-42(66)13-8-5-9-20-64-46(70)16-17-47(64)71/h4,6-7,11-12,16-17,22-23,32,38,40H,3,5,8-10,13-15,18-21,24-29H2,1-2H3,(H,57,66)(H,58,67)(H,59,72)(H,60,68)(H,61,69)(H,63,75)/t32-,38+,40+/m1/s1. The van der Waals surface area contributed by atoms with Gasteiger partial charge in [-0.2, -0.15) is 0 Å². The largest absolute Gasteiger partial charge is 0.460 e. The summed E-state index contributed by atoms with van der Waals surface area (Å²) in [7, 11) is 0. The molecule has 5 heterocycles. The van der Waals surface area contributed by atoms with Gasteiger partial charge in [0.05, 0.1) is 60.6 Å². The molecule has 0 unspecified atom stereocenters. The summed E-state index contributed by atoms with van der Waals surface area (Å²) in [4.78, 5) is 135. The maximum absolute atomic E-state index is 15.5. The molecule has 4 aromatic rings. The van der Waals surface area contributed by atoms with Gasteiger partial charge in [0.15, 0.2) is 0 Å². The summed E-state index contributed by atoms with van der Waals surface area (Å²) in [5.41, 5.74) is 4.20. The van der Waals surface area contributed by atoms with E-state index in [1.165, 1.54) is 18.2 Å². The normalized spacial score (nSPS) is 17.8. The number of carbonyl (C=O) groups is 9. The van der Waals surface area contributed by atoms with Gasteiger partial charge in [0.25, 0.3) is 23.3 Å². The lowest BCUT2D eigenvalue weighted by Gasteiger charge is -2.41. The summed E-state index contributed by atoms with van der Waals surface area (Å²) in [6.45, 7) is 2.03. The number of hydrogen-bond acceptors (Lipinski definition) is 13. The van der Waals surface area contributed by atoms with Crippen LogP contribution in [0, 0.1) is 12.7 Å². The first kappa shape index (κ1) is 53.7. The Hall–Kier alpha value is -8.14. The summed E-state index contributed by atoms with van der Waals surface area (Å²) in [5, 5.41) is 16.6. The Morgan fingerprint density at radius 2 is 1.57 bits per heavy atom. The minimum Gasteiger partial charge on any atom is -0.460 e. The molecule has 2 aliphatic carbocycles. The van der Waals surface area contributed by atoms with Crippen molar-refractivity contribution in [1.82, 2.24) is 46.4 Å². The molecule has 3 aliphatic heterocycles. The number of ether oxygens (including phenoxy) is 2. The van der Waals surface area contributed by atoms with Gasteiger partial charge in [-0.1, -0.05) is 43.7 Å². The van der Waals surface area contributed by atoms with E-state index in [0.29, 0.717) is 96.9 Å². The van der Waals surface area contributed by atoms with Crippen molar-refractivity contribution in [3.05, 3.63) is 110 Å². The fourth-order valence-electron chi connectivity index (χ4n) is 10.8. The molecule has 9 rings (SSSR count). The summed E-state index contributed by atoms with van der Waals surface area (Å²) < 4.78 is 28.6. The van der Waals surface area contributed by atoms with Crippen molar-refractivity contribution in [2.24, 2.45) is 0 Å². The van der Waals surface area contributed by atoms with E-state index in [-0.39, 0.29) is 56.6 Å². The lowest BCUT2D eigenvalue weighted by atomic mass is 9.77. The molecular weight excluding hydrogens is 998 g/mol. The van der Waals surface area contributed by atoms with Crippen LogP contribution in [0.5, 0.6) is 0 Å². The second kappa shape index (κ2) is 23.0. The second-order valence-corrected chi connectivity index (χ2v) is 20.0. The second-order valence-electron chi connectivity index (χ2n) is 20.0. The van der Waals surface area contributed by atoms with Gasteiger partial charge in [0, 0.05) is 48.6 Å². The monoisotopic (exact) mass is 1060 g/mol. The number of pyridine rings is 2. The molecule has 0 bridgehead atoms. The van der Waals surface area contributed by atoms with E-state index in [1.807, 2.05) is 13.0 Å². The zero-order valence-electron chi connectivity index (χ0n) is 42.8. The number of cyclic esters (lactones) is 1. The lowest BCUT2D eigenvalue weighted by Crippen LogP contribution is -2.56. The van der Waals surface area contributed by atoms with Crippen molar-refractivity contribution in [3.8, 4) is 11.4 Å². The number of fused-ring (bicyclic) bond motifs is 5. The molecule has 6 N–H and O–H groups in total. The topological polar surface area (TPSA) is 282 Å². The van der Waals surface area contributed by atoms with Crippen LogP contribution in [0.25, 0.3) is 22.3 Å². The van der Waals surface area contributed by atoms with E-state index < -0.39 is 90.5 Å². The number of amides is 8. The van der Waals surface area contributed by atoms with Crippen LogP contribution in [-0.2, 0) is 78.6 Å². The van der Waals surface area contributed by atoms with Crippen molar-refractivity contribution in [2.75, 3.05) is 32.9 Å². The van der Waals surface area contributed by atoms with Gasteiger partial charge in [0.2, 0.25) is 29.5 Å². The number of benzene rings is 2. The zero-order valence-corrected chi connectivity index (χ0v) is 42.8. The van der Waals surface area contributed by atoms with Gasteiger partial charge >= 0.3 is 5.97 Å². The number of aromatic nitrogens is 2. The summed E-state index contributed by atoms with van der Waals surface area (Å²) >= 11 is 0. The summed E-state index contributed by atoms with van der Waals surface area (Å²) in [6.07, 6.45) is 6.84. The maximum Gasteiger partial charge on any atom is 0.313 e. The third kappa shape index (κ3) is 11.4. The Morgan fingerprint density at radius 3 is 2.30 bits per heavy atom. The first-order valence-corrected chi connectivity index (χ1v) is 26.0. The number of aryl methyl sites for hydroxylation is 1. The third-order valence-corrected chi connectivity index (χ3v) is 15.1. The molecule has 0 spiro atoms. The SMILES string of the molecule is CC[C@H]1C(=O)OCc2c1cc1n(c2=O)Cc2c-1nc1cc(F)c(C)c3c1c2[C@@H](NC(=O)C1(OCNC(=O)CNC(=O)[C@H](Cc2ccccc2)NC(=O)CNC(=O)CNC(=O)CCCCCN2C(=O)C=CC2=O)CCC1)CC3. The Labute approximate surface area is 441 Å². The van der Waals surface area contributed by atoms with Crippen molar-refractivity contribution in [1.29, 1.82) is 0 Å². The number of imide groups is 1. The van der Waals surface area contributed by atoms with Gasteiger partial charge in [0.1, 0.15) is 30.8 Å². The zero-order chi connectivity index (χ0) is 54.5. The first-order valence-electron chi connectivity index (χ1n) is 26.0.